The van der Waals surface area contributed by atoms with Crippen LogP contribution in [0.1, 0.15) is 0 Å². The fourth-order valence-electron chi connectivity index (χ4n) is 0.636. The van der Waals surface area contributed by atoms with Gasteiger partial charge >= 0.3 is 7.32 Å². The van der Waals surface area contributed by atoms with Gasteiger partial charge in [0.2, 0.25) is 0 Å². The topological polar surface area (TPSA) is 45.5 Å². The van der Waals surface area contributed by atoms with Crippen molar-refractivity contribution in [1.29, 1.82) is 0 Å². The third kappa shape index (κ3) is 3.94. The van der Waals surface area contributed by atoms with Crippen molar-refractivity contribution in [2.45, 2.75) is 0 Å². The Balaban J connectivity index is 2.37. The minimum absolute atomic E-state index is 0.194. The number of hydrogen-bond donors (Lipinski definition) is 2. The highest BCUT2D eigenvalue weighted by atomic mass is 32.1. The summed E-state index contributed by atoms with van der Waals surface area (Å²) in [7, 11) is -0.838. The van der Waals surface area contributed by atoms with Gasteiger partial charge in [-0.05, 0) is 6.07 Å². The van der Waals surface area contributed by atoms with Crippen LogP contribution in [-0.2, 0) is 9.31 Å². The summed E-state index contributed by atoms with van der Waals surface area (Å²) in [5.41, 5.74) is 0. The highest BCUT2D eigenvalue weighted by Gasteiger charge is 2.23. The quantitative estimate of drug-likeness (QED) is 0.405. The summed E-state index contributed by atoms with van der Waals surface area (Å²) in [5, 5.41) is 3.81. The molecule has 0 bridgehead atoms. The first-order chi connectivity index (χ1) is 6.36. The predicted molar refractivity (Wildman–Crippen MR) is 54.4 cm³/mol. The van der Waals surface area contributed by atoms with Crippen molar-refractivity contribution in [3.63, 3.8) is 0 Å². The third-order valence-electron chi connectivity index (χ3n) is 1.10. The molecule has 0 saturated carbocycles. The number of nitrogens with zero attached hydrogens (tertiary/aromatic N) is 2. The summed E-state index contributed by atoms with van der Waals surface area (Å²) in [6, 6.07) is 1.72. The van der Waals surface area contributed by atoms with Crippen molar-refractivity contribution in [2.24, 2.45) is 0 Å². The standard InChI is InChI=1S/C5H9BN2O3S2/c12-4-9-6(10-5-13)11-8-3-1-2-7-8/h1-3,12-13H,4-5H2. The van der Waals surface area contributed by atoms with Crippen LogP contribution in [0.2, 0.25) is 0 Å². The van der Waals surface area contributed by atoms with Crippen molar-refractivity contribution in [1.82, 2.24) is 9.94 Å². The molecule has 0 aliphatic heterocycles. The van der Waals surface area contributed by atoms with E-state index in [-0.39, 0.29) is 11.9 Å². The molecular weight excluding hydrogens is 211 g/mol. The summed E-state index contributed by atoms with van der Waals surface area (Å²) in [4.78, 5) is 1.23. The molecule has 1 rings (SSSR count). The number of rotatable bonds is 6. The summed E-state index contributed by atoms with van der Waals surface area (Å²) >= 11 is 7.73. The Kier molecular flexibility index (Phi) is 5.13. The molecule has 8 heteroatoms. The van der Waals surface area contributed by atoms with Crippen molar-refractivity contribution < 1.29 is 14.1 Å². The molecule has 0 amide bonds. The average Bonchev–Trinajstić information content (AvgIpc) is 2.58. The Hall–Kier alpha value is -0.305. The van der Waals surface area contributed by atoms with Gasteiger partial charge in [0, 0.05) is 0 Å². The maximum absolute atomic E-state index is 5.10. The first-order valence-corrected chi connectivity index (χ1v) is 4.75. The largest absolute Gasteiger partial charge is 0.736 e. The van der Waals surface area contributed by atoms with E-state index in [1.807, 2.05) is 0 Å². The normalized spacial score (nSPS) is 10.0. The lowest BCUT2D eigenvalue weighted by atomic mass is 10.2. The second-order valence-electron chi connectivity index (χ2n) is 1.89. The number of aromatic nitrogens is 2. The van der Waals surface area contributed by atoms with Crippen molar-refractivity contribution >= 4 is 32.6 Å². The Labute approximate surface area is 87.3 Å². The van der Waals surface area contributed by atoms with E-state index >= 15 is 0 Å². The number of hydrogen-bond acceptors (Lipinski definition) is 6. The molecule has 1 aromatic heterocycles. The summed E-state index contributed by atoms with van der Waals surface area (Å²) in [5.74, 6) is 0.388. The van der Waals surface area contributed by atoms with Crippen LogP contribution in [0.15, 0.2) is 18.5 Å². The molecule has 0 spiro atoms. The van der Waals surface area contributed by atoms with Crippen molar-refractivity contribution in [3.05, 3.63) is 18.5 Å². The van der Waals surface area contributed by atoms with E-state index in [2.05, 4.69) is 30.4 Å². The van der Waals surface area contributed by atoms with E-state index in [0.29, 0.717) is 0 Å². The fourth-order valence-corrected chi connectivity index (χ4v) is 0.879. The molecular formula is C5H9BN2O3S2. The molecule has 0 radical (unpaired) electrons. The zero-order valence-electron chi connectivity index (χ0n) is 6.74. The molecule has 1 heterocycles. The molecule has 72 valence electrons. The zero-order valence-corrected chi connectivity index (χ0v) is 8.53. The van der Waals surface area contributed by atoms with Gasteiger partial charge in [-0.15, -0.1) is 9.94 Å². The van der Waals surface area contributed by atoms with Gasteiger partial charge in [0.25, 0.3) is 0 Å². The van der Waals surface area contributed by atoms with E-state index in [4.69, 9.17) is 14.1 Å². The average molecular weight is 220 g/mol. The first kappa shape index (κ1) is 10.8. The van der Waals surface area contributed by atoms with E-state index in [1.165, 1.54) is 4.85 Å². The molecule has 0 aliphatic carbocycles. The van der Waals surface area contributed by atoms with Gasteiger partial charge in [0.1, 0.15) is 0 Å². The summed E-state index contributed by atoms with van der Waals surface area (Å²) in [6.07, 6.45) is 3.20. The molecule has 1 aromatic rings. The maximum atomic E-state index is 5.10. The van der Waals surface area contributed by atoms with E-state index in [9.17, 15) is 0 Å². The van der Waals surface area contributed by atoms with Gasteiger partial charge in [-0.3, -0.25) is 0 Å². The summed E-state index contributed by atoms with van der Waals surface area (Å²) in [6.45, 7) is 0. The second kappa shape index (κ2) is 6.19. The second-order valence-corrected chi connectivity index (χ2v) is 2.41. The van der Waals surface area contributed by atoms with Crippen molar-refractivity contribution in [3.8, 4) is 0 Å². The van der Waals surface area contributed by atoms with Crippen LogP contribution < -0.4 is 4.76 Å². The van der Waals surface area contributed by atoms with Gasteiger partial charge < -0.3 is 14.1 Å². The van der Waals surface area contributed by atoms with Gasteiger partial charge in [-0.1, -0.05) is 0 Å². The van der Waals surface area contributed by atoms with Crippen LogP contribution in [0, 0.1) is 0 Å². The van der Waals surface area contributed by atoms with Gasteiger partial charge in [-0.25, -0.2) is 0 Å². The molecule has 0 aromatic carbocycles. The molecule has 0 N–H and O–H groups in total. The highest BCUT2D eigenvalue weighted by Crippen LogP contribution is 1.92. The highest BCUT2D eigenvalue weighted by molar-refractivity contribution is 7.80. The van der Waals surface area contributed by atoms with Crippen LogP contribution in [-0.4, -0.2) is 29.1 Å². The van der Waals surface area contributed by atoms with E-state index in [0.717, 1.165) is 0 Å². The third-order valence-corrected chi connectivity index (χ3v) is 1.39. The first-order valence-electron chi connectivity index (χ1n) is 3.48. The fraction of sp³-hybridized carbons (Fsp3) is 0.400. The number of thiol groups is 2. The Morgan fingerprint density at radius 2 is 2.00 bits per heavy atom. The smallest absolute Gasteiger partial charge is 0.405 e. The maximum Gasteiger partial charge on any atom is 0.736 e. The van der Waals surface area contributed by atoms with Crippen molar-refractivity contribution in [2.75, 3.05) is 11.9 Å². The van der Waals surface area contributed by atoms with Crippen LogP contribution in [0.4, 0.5) is 0 Å². The van der Waals surface area contributed by atoms with Gasteiger partial charge in [0.15, 0.2) is 0 Å². The Morgan fingerprint density at radius 1 is 1.31 bits per heavy atom. The van der Waals surface area contributed by atoms with Gasteiger partial charge in [-0.2, -0.15) is 25.3 Å². The molecule has 0 saturated heterocycles. The Bertz CT molecular complexity index is 218. The summed E-state index contributed by atoms with van der Waals surface area (Å²) < 4.78 is 15.0. The minimum atomic E-state index is -0.838. The SMILES string of the molecule is SCOB(OCS)On1cccn1. The van der Waals surface area contributed by atoms with Crippen LogP contribution in [0.3, 0.4) is 0 Å². The lowest BCUT2D eigenvalue weighted by molar-refractivity contribution is 0.0976. The molecule has 5 nitrogen and oxygen atoms in total. The van der Waals surface area contributed by atoms with Crippen LogP contribution in [0.5, 0.6) is 0 Å². The molecule has 0 atom stereocenters. The molecule has 13 heavy (non-hydrogen) atoms. The van der Waals surface area contributed by atoms with Gasteiger partial charge in [0.05, 0.1) is 24.3 Å². The van der Waals surface area contributed by atoms with Crippen LogP contribution >= 0.6 is 25.3 Å². The molecule has 0 fully saturated rings. The molecule has 0 aliphatic rings. The predicted octanol–water partition coefficient (Wildman–Crippen LogP) is 0.104. The van der Waals surface area contributed by atoms with E-state index in [1.54, 1.807) is 18.5 Å². The van der Waals surface area contributed by atoms with Crippen LogP contribution in [0.25, 0.3) is 0 Å². The minimum Gasteiger partial charge on any atom is -0.405 e. The lowest BCUT2D eigenvalue weighted by Crippen LogP contribution is -2.36. The Morgan fingerprint density at radius 3 is 2.46 bits per heavy atom. The van der Waals surface area contributed by atoms with E-state index < -0.39 is 7.32 Å². The zero-order chi connectivity index (χ0) is 9.52. The lowest BCUT2D eigenvalue weighted by Gasteiger charge is -2.11. The molecule has 0 unspecified atom stereocenters. The monoisotopic (exact) mass is 220 g/mol.